The molecule has 0 unspecified atom stereocenters. The zero-order chi connectivity index (χ0) is 11.1. The van der Waals surface area contributed by atoms with E-state index in [2.05, 4.69) is 21.6 Å². The molecular formula is C11H12N2O2. The molecule has 0 aliphatic heterocycles. The molecule has 1 heterocycles. The van der Waals surface area contributed by atoms with Gasteiger partial charge < -0.3 is 10.5 Å². The number of aromatic nitrogens is 1. The van der Waals surface area contributed by atoms with Crippen LogP contribution in [0.4, 0.5) is 0 Å². The van der Waals surface area contributed by atoms with Crippen LogP contribution in [0.3, 0.4) is 0 Å². The second-order valence-electron chi connectivity index (χ2n) is 2.76. The highest BCUT2D eigenvalue weighted by Gasteiger charge is 2.04. The van der Waals surface area contributed by atoms with E-state index < -0.39 is 0 Å². The van der Waals surface area contributed by atoms with Gasteiger partial charge in [0.1, 0.15) is 5.69 Å². The summed E-state index contributed by atoms with van der Waals surface area (Å²) in [7, 11) is 1.34. The molecule has 15 heavy (non-hydrogen) atoms. The van der Waals surface area contributed by atoms with Crippen molar-refractivity contribution in [3.05, 3.63) is 29.6 Å². The van der Waals surface area contributed by atoms with Gasteiger partial charge in [-0.3, -0.25) is 0 Å². The van der Waals surface area contributed by atoms with Gasteiger partial charge in [0.25, 0.3) is 0 Å². The van der Waals surface area contributed by atoms with Gasteiger partial charge in [-0.05, 0) is 18.1 Å². The summed E-state index contributed by atoms with van der Waals surface area (Å²) in [5.74, 6) is 5.27. The minimum Gasteiger partial charge on any atom is -0.465 e. The number of nitrogens with two attached hydrogens (primary N) is 1. The summed E-state index contributed by atoms with van der Waals surface area (Å²) in [6, 6.07) is 3.18. The number of carbonyl (C=O) groups excluding carboxylic acids is 1. The number of nitrogens with zero attached hydrogens (tertiary/aromatic N) is 1. The van der Waals surface area contributed by atoms with E-state index in [0.717, 1.165) is 0 Å². The molecular weight excluding hydrogens is 192 g/mol. The quantitative estimate of drug-likeness (QED) is 0.565. The predicted molar refractivity (Wildman–Crippen MR) is 56.1 cm³/mol. The highest BCUT2D eigenvalue weighted by molar-refractivity contribution is 5.89. The van der Waals surface area contributed by atoms with E-state index in [4.69, 9.17) is 5.73 Å². The molecule has 0 bridgehead atoms. The largest absolute Gasteiger partial charge is 0.465 e. The van der Waals surface area contributed by atoms with Crippen LogP contribution in [-0.2, 0) is 4.74 Å². The molecule has 0 radical (unpaired) electrons. The van der Waals surface area contributed by atoms with Crippen LogP contribution in [0.2, 0.25) is 0 Å². The van der Waals surface area contributed by atoms with E-state index in [0.29, 0.717) is 24.2 Å². The fourth-order valence-electron chi connectivity index (χ4n) is 0.969. The van der Waals surface area contributed by atoms with Crippen molar-refractivity contribution >= 4 is 5.97 Å². The first-order valence-corrected chi connectivity index (χ1v) is 4.51. The van der Waals surface area contributed by atoms with Gasteiger partial charge in [0, 0.05) is 19.2 Å². The molecule has 2 N–H and O–H groups in total. The normalized spacial score (nSPS) is 8.93. The number of hydrogen-bond acceptors (Lipinski definition) is 4. The molecule has 0 aliphatic carbocycles. The maximum absolute atomic E-state index is 11.2. The Labute approximate surface area is 88.5 Å². The monoisotopic (exact) mass is 204 g/mol. The van der Waals surface area contributed by atoms with Gasteiger partial charge in [-0.15, -0.1) is 0 Å². The van der Waals surface area contributed by atoms with E-state index in [1.807, 2.05) is 0 Å². The lowest BCUT2D eigenvalue weighted by Crippen LogP contribution is -2.01. The third-order valence-corrected chi connectivity index (χ3v) is 1.67. The summed E-state index contributed by atoms with van der Waals surface area (Å²) in [4.78, 5) is 15.2. The zero-order valence-electron chi connectivity index (χ0n) is 8.49. The van der Waals surface area contributed by atoms with E-state index in [1.165, 1.54) is 13.3 Å². The van der Waals surface area contributed by atoms with Crippen molar-refractivity contribution in [2.45, 2.75) is 6.42 Å². The third kappa shape index (κ3) is 3.41. The molecule has 4 nitrogen and oxygen atoms in total. The summed E-state index contributed by atoms with van der Waals surface area (Å²) < 4.78 is 4.58. The Hall–Kier alpha value is -1.86. The lowest BCUT2D eigenvalue weighted by atomic mass is 10.2. The number of carbonyl (C=O) groups is 1. The molecule has 1 aromatic rings. The summed E-state index contributed by atoms with van der Waals surface area (Å²) in [6.45, 7) is 0.518. The fourth-order valence-corrected chi connectivity index (χ4v) is 0.969. The molecule has 0 spiro atoms. The first-order valence-electron chi connectivity index (χ1n) is 4.51. The summed E-state index contributed by atoms with van der Waals surface area (Å²) >= 11 is 0. The molecule has 0 aliphatic rings. The first kappa shape index (κ1) is 11.2. The molecule has 4 heteroatoms. The van der Waals surface area contributed by atoms with Crippen LogP contribution in [0.5, 0.6) is 0 Å². The Morgan fingerprint density at radius 2 is 2.47 bits per heavy atom. The van der Waals surface area contributed by atoms with Crippen molar-refractivity contribution in [2.24, 2.45) is 5.73 Å². The second-order valence-corrected chi connectivity index (χ2v) is 2.76. The van der Waals surface area contributed by atoms with Gasteiger partial charge in [-0.1, -0.05) is 5.92 Å². The molecule has 1 aromatic heterocycles. The summed E-state index contributed by atoms with van der Waals surface area (Å²) in [5.41, 5.74) is 6.29. The van der Waals surface area contributed by atoms with Crippen molar-refractivity contribution in [1.82, 2.24) is 4.98 Å². The van der Waals surface area contributed by atoms with Crippen molar-refractivity contribution in [3.8, 4) is 11.8 Å². The van der Waals surface area contributed by atoms with Gasteiger partial charge >= 0.3 is 5.97 Å². The van der Waals surface area contributed by atoms with Gasteiger partial charge in [-0.25, -0.2) is 9.78 Å². The Morgan fingerprint density at radius 3 is 3.13 bits per heavy atom. The third-order valence-electron chi connectivity index (χ3n) is 1.67. The highest BCUT2D eigenvalue weighted by atomic mass is 16.5. The zero-order valence-corrected chi connectivity index (χ0v) is 8.49. The fraction of sp³-hybridized carbons (Fsp3) is 0.273. The summed E-state index contributed by atoms with van der Waals surface area (Å²) in [6.07, 6.45) is 2.14. The Bertz CT molecular complexity index is 405. The number of hydrogen-bond donors (Lipinski definition) is 1. The number of rotatable bonds is 2. The van der Waals surface area contributed by atoms with Crippen LogP contribution < -0.4 is 5.73 Å². The lowest BCUT2D eigenvalue weighted by molar-refractivity contribution is 0.0600. The molecule has 0 fully saturated rings. The second kappa shape index (κ2) is 5.78. The average Bonchev–Trinajstić information content (AvgIpc) is 2.29. The Kier molecular flexibility index (Phi) is 4.32. The van der Waals surface area contributed by atoms with E-state index >= 15 is 0 Å². The molecule has 0 amide bonds. The average molecular weight is 204 g/mol. The van der Waals surface area contributed by atoms with Crippen LogP contribution >= 0.6 is 0 Å². The smallest absolute Gasteiger partial charge is 0.338 e. The minimum absolute atomic E-state index is 0.390. The maximum atomic E-state index is 11.2. The number of methoxy groups -OCH3 is 1. The number of pyridine rings is 1. The lowest BCUT2D eigenvalue weighted by Gasteiger charge is -1.97. The first-order chi connectivity index (χ1) is 7.27. The van der Waals surface area contributed by atoms with Gasteiger partial charge in [0.2, 0.25) is 0 Å². The predicted octanol–water partition coefficient (Wildman–Crippen LogP) is 0.568. The molecule has 78 valence electrons. The van der Waals surface area contributed by atoms with Crippen LogP contribution in [0, 0.1) is 11.8 Å². The molecule has 0 aromatic carbocycles. The van der Waals surface area contributed by atoms with Crippen molar-refractivity contribution in [3.63, 3.8) is 0 Å². The molecule has 0 saturated carbocycles. The number of esters is 1. The van der Waals surface area contributed by atoms with Crippen LogP contribution in [0.1, 0.15) is 22.5 Å². The number of ether oxygens (including phenoxy) is 1. The van der Waals surface area contributed by atoms with Crippen LogP contribution in [0.25, 0.3) is 0 Å². The topological polar surface area (TPSA) is 65.2 Å². The van der Waals surface area contributed by atoms with E-state index in [-0.39, 0.29) is 5.97 Å². The van der Waals surface area contributed by atoms with Gasteiger partial charge in [0.05, 0.1) is 12.7 Å². The van der Waals surface area contributed by atoms with Crippen LogP contribution in [0.15, 0.2) is 18.3 Å². The maximum Gasteiger partial charge on any atom is 0.338 e. The summed E-state index contributed by atoms with van der Waals surface area (Å²) in [5, 5.41) is 0. The Morgan fingerprint density at radius 1 is 1.67 bits per heavy atom. The minimum atomic E-state index is -0.390. The highest BCUT2D eigenvalue weighted by Crippen LogP contribution is 2.02. The van der Waals surface area contributed by atoms with Crippen LogP contribution in [-0.4, -0.2) is 24.6 Å². The van der Waals surface area contributed by atoms with Crippen molar-refractivity contribution in [2.75, 3.05) is 13.7 Å². The van der Waals surface area contributed by atoms with Crippen molar-refractivity contribution in [1.29, 1.82) is 0 Å². The van der Waals surface area contributed by atoms with Crippen molar-refractivity contribution < 1.29 is 9.53 Å². The van der Waals surface area contributed by atoms with Gasteiger partial charge in [-0.2, -0.15) is 0 Å². The molecule has 0 atom stereocenters. The SMILES string of the molecule is COC(=O)c1ccnc(C#CCCN)c1. The molecule has 1 rings (SSSR count). The van der Waals surface area contributed by atoms with E-state index in [1.54, 1.807) is 12.1 Å². The Balaban J connectivity index is 2.84. The molecule has 0 saturated heterocycles. The van der Waals surface area contributed by atoms with E-state index in [9.17, 15) is 4.79 Å². The standard InChI is InChI=1S/C11H12N2O2/c1-15-11(14)9-5-7-13-10(8-9)4-2-3-6-12/h5,7-8H,3,6,12H2,1H3. The van der Waals surface area contributed by atoms with Gasteiger partial charge in [0.15, 0.2) is 0 Å².